The maximum Gasteiger partial charge on any atom is 0.219 e. The van der Waals surface area contributed by atoms with Crippen LogP contribution in [0.25, 0.3) is 10.9 Å². The number of aromatic nitrogens is 1. The number of primary amides is 1. The monoisotopic (exact) mass is 244 g/mol. The van der Waals surface area contributed by atoms with E-state index in [1.54, 1.807) is 12.3 Å². The Hall–Kier alpha value is -2.30. The van der Waals surface area contributed by atoms with Gasteiger partial charge in [0.15, 0.2) is 0 Å². The number of nitrogens with zero attached hydrogens (tertiary/aromatic N) is 1. The molecule has 1 aromatic carbocycles. The Labute approximate surface area is 105 Å². The van der Waals surface area contributed by atoms with Gasteiger partial charge in [-0.15, -0.1) is 0 Å². The van der Waals surface area contributed by atoms with Crippen LogP contribution in [0, 0.1) is 0 Å². The van der Waals surface area contributed by atoms with Crippen molar-refractivity contribution in [2.45, 2.75) is 19.4 Å². The van der Waals surface area contributed by atoms with Gasteiger partial charge in [-0.05, 0) is 31.2 Å². The molecule has 0 aliphatic carbocycles. The fourth-order valence-corrected chi connectivity index (χ4v) is 1.94. The van der Waals surface area contributed by atoms with Crippen LogP contribution in [0.4, 0.5) is 11.4 Å². The molecule has 1 heterocycles. The Morgan fingerprint density at radius 1 is 1.44 bits per heavy atom. The standard InChI is InChI=1S/C13H16N4O/c1-8(7-12(15)18)17-11-5-4-10(14)13-9(11)3-2-6-16-13/h2-6,8,17H,7,14H2,1H3,(H2,15,18). The fourth-order valence-electron chi connectivity index (χ4n) is 1.94. The van der Waals surface area contributed by atoms with Gasteiger partial charge in [-0.1, -0.05) is 0 Å². The summed E-state index contributed by atoms with van der Waals surface area (Å²) in [5, 5.41) is 4.19. The number of anilines is 2. The molecule has 0 radical (unpaired) electrons. The molecule has 1 amide bonds. The summed E-state index contributed by atoms with van der Waals surface area (Å²) in [4.78, 5) is 15.1. The van der Waals surface area contributed by atoms with Crippen LogP contribution >= 0.6 is 0 Å². The number of carbonyl (C=O) groups is 1. The van der Waals surface area contributed by atoms with Crippen molar-refractivity contribution >= 4 is 28.2 Å². The third-order valence-electron chi connectivity index (χ3n) is 2.71. The average Bonchev–Trinajstić information content (AvgIpc) is 2.32. The Morgan fingerprint density at radius 2 is 2.22 bits per heavy atom. The minimum atomic E-state index is -0.326. The summed E-state index contributed by atoms with van der Waals surface area (Å²) in [6.07, 6.45) is 1.99. The summed E-state index contributed by atoms with van der Waals surface area (Å²) in [6, 6.07) is 7.45. The first kappa shape index (κ1) is 12.2. The van der Waals surface area contributed by atoms with Gasteiger partial charge in [-0.3, -0.25) is 9.78 Å². The van der Waals surface area contributed by atoms with Gasteiger partial charge < -0.3 is 16.8 Å². The molecule has 2 aromatic rings. The number of carbonyl (C=O) groups excluding carboxylic acids is 1. The summed E-state index contributed by atoms with van der Waals surface area (Å²) in [5.41, 5.74) is 13.3. The third-order valence-corrected chi connectivity index (χ3v) is 2.71. The second kappa shape index (κ2) is 4.91. The minimum absolute atomic E-state index is 0.0328. The lowest BCUT2D eigenvalue weighted by atomic mass is 10.1. The Morgan fingerprint density at radius 3 is 2.94 bits per heavy atom. The molecule has 2 rings (SSSR count). The highest BCUT2D eigenvalue weighted by Crippen LogP contribution is 2.26. The maximum absolute atomic E-state index is 10.9. The quantitative estimate of drug-likeness (QED) is 0.710. The maximum atomic E-state index is 10.9. The molecule has 0 saturated carbocycles. The van der Waals surface area contributed by atoms with Gasteiger partial charge in [-0.25, -0.2) is 0 Å². The zero-order chi connectivity index (χ0) is 13.1. The van der Waals surface area contributed by atoms with Crippen molar-refractivity contribution in [1.82, 2.24) is 4.98 Å². The number of nitrogens with one attached hydrogen (secondary N) is 1. The normalized spacial score (nSPS) is 12.3. The SMILES string of the molecule is CC(CC(N)=O)Nc1ccc(N)c2ncccc12. The topological polar surface area (TPSA) is 94.0 Å². The summed E-state index contributed by atoms with van der Waals surface area (Å²) >= 11 is 0. The van der Waals surface area contributed by atoms with Gasteiger partial charge in [0.2, 0.25) is 5.91 Å². The molecule has 94 valence electrons. The van der Waals surface area contributed by atoms with Crippen molar-refractivity contribution in [2.75, 3.05) is 11.1 Å². The number of amides is 1. The predicted octanol–water partition coefficient (Wildman–Crippen LogP) is 1.49. The van der Waals surface area contributed by atoms with Gasteiger partial charge >= 0.3 is 0 Å². The van der Waals surface area contributed by atoms with E-state index >= 15 is 0 Å². The minimum Gasteiger partial charge on any atom is -0.397 e. The van der Waals surface area contributed by atoms with Crippen LogP contribution in [0.1, 0.15) is 13.3 Å². The molecule has 5 N–H and O–H groups in total. The number of hydrogen-bond donors (Lipinski definition) is 3. The third kappa shape index (κ3) is 2.51. The Kier molecular flexibility index (Phi) is 3.32. The van der Waals surface area contributed by atoms with E-state index in [0.29, 0.717) is 5.69 Å². The highest BCUT2D eigenvalue weighted by molar-refractivity contribution is 5.98. The average molecular weight is 244 g/mol. The molecular formula is C13H16N4O. The number of nitrogens with two attached hydrogens (primary N) is 2. The van der Waals surface area contributed by atoms with E-state index in [0.717, 1.165) is 16.6 Å². The fraction of sp³-hybridized carbons (Fsp3) is 0.231. The molecular weight excluding hydrogens is 228 g/mol. The van der Waals surface area contributed by atoms with Gasteiger partial charge in [-0.2, -0.15) is 0 Å². The van der Waals surface area contributed by atoms with E-state index in [1.807, 2.05) is 25.1 Å². The number of rotatable bonds is 4. The Balaban J connectivity index is 2.34. The van der Waals surface area contributed by atoms with Crippen molar-refractivity contribution in [1.29, 1.82) is 0 Å². The number of hydrogen-bond acceptors (Lipinski definition) is 4. The molecule has 1 unspecified atom stereocenters. The van der Waals surface area contributed by atoms with E-state index in [2.05, 4.69) is 10.3 Å². The second-order valence-corrected chi connectivity index (χ2v) is 4.32. The number of fused-ring (bicyclic) bond motifs is 1. The van der Waals surface area contributed by atoms with Crippen LogP contribution < -0.4 is 16.8 Å². The molecule has 0 spiro atoms. The molecule has 0 aliphatic rings. The van der Waals surface area contributed by atoms with E-state index in [9.17, 15) is 4.79 Å². The number of benzene rings is 1. The summed E-state index contributed by atoms with van der Waals surface area (Å²) < 4.78 is 0. The van der Waals surface area contributed by atoms with Crippen LogP contribution in [0.5, 0.6) is 0 Å². The summed E-state index contributed by atoms with van der Waals surface area (Å²) in [7, 11) is 0. The largest absolute Gasteiger partial charge is 0.397 e. The molecule has 1 aromatic heterocycles. The summed E-state index contributed by atoms with van der Waals surface area (Å²) in [5.74, 6) is -0.326. The molecule has 5 heteroatoms. The summed E-state index contributed by atoms with van der Waals surface area (Å²) in [6.45, 7) is 1.91. The van der Waals surface area contributed by atoms with Crippen LogP contribution in [0.2, 0.25) is 0 Å². The molecule has 5 nitrogen and oxygen atoms in total. The van der Waals surface area contributed by atoms with Crippen LogP contribution in [-0.2, 0) is 4.79 Å². The number of pyridine rings is 1. The highest BCUT2D eigenvalue weighted by atomic mass is 16.1. The Bertz CT molecular complexity index is 582. The molecule has 1 atom stereocenters. The van der Waals surface area contributed by atoms with Crippen molar-refractivity contribution < 1.29 is 4.79 Å². The molecule has 0 saturated heterocycles. The first-order chi connectivity index (χ1) is 8.58. The lowest BCUT2D eigenvalue weighted by Crippen LogP contribution is -2.24. The van der Waals surface area contributed by atoms with Crippen LogP contribution in [0.3, 0.4) is 0 Å². The first-order valence-electron chi connectivity index (χ1n) is 5.76. The van der Waals surface area contributed by atoms with Crippen LogP contribution in [0.15, 0.2) is 30.5 Å². The first-order valence-corrected chi connectivity index (χ1v) is 5.76. The van der Waals surface area contributed by atoms with Gasteiger partial charge in [0.05, 0.1) is 11.2 Å². The van der Waals surface area contributed by atoms with Crippen molar-refractivity contribution in [2.24, 2.45) is 5.73 Å². The van der Waals surface area contributed by atoms with Gasteiger partial charge in [0.1, 0.15) is 0 Å². The molecule has 0 aliphatic heterocycles. The lowest BCUT2D eigenvalue weighted by Gasteiger charge is -2.15. The molecule has 0 fully saturated rings. The van der Waals surface area contributed by atoms with E-state index in [-0.39, 0.29) is 18.4 Å². The van der Waals surface area contributed by atoms with Crippen molar-refractivity contribution in [3.63, 3.8) is 0 Å². The highest BCUT2D eigenvalue weighted by Gasteiger charge is 2.09. The molecule has 18 heavy (non-hydrogen) atoms. The van der Waals surface area contributed by atoms with E-state index < -0.39 is 0 Å². The zero-order valence-electron chi connectivity index (χ0n) is 10.2. The van der Waals surface area contributed by atoms with Gasteiger partial charge in [0, 0.05) is 29.7 Å². The van der Waals surface area contributed by atoms with E-state index in [4.69, 9.17) is 11.5 Å². The van der Waals surface area contributed by atoms with Crippen molar-refractivity contribution in [3.8, 4) is 0 Å². The van der Waals surface area contributed by atoms with Gasteiger partial charge in [0.25, 0.3) is 0 Å². The number of nitrogen functional groups attached to an aromatic ring is 1. The predicted molar refractivity (Wildman–Crippen MR) is 73.1 cm³/mol. The van der Waals surface area contributed by atoms with Crippen LogP contribution in [-0.4, -0.2) is 16.9 Å². The van der Waals surface area contributed by atoms with Crippen molar-refractivity contribution in [3.05, 3.63) is 30.5 Å². The zero-order valence-corrected chi connectivity index (χ0v) is 10.2. The lowest BCUT2D eigenvalue weighted by molar-refractivity contribution is -0.118. The smallest absolute Gasteiger partial charge is 0.219 e. The van der Waals surface area contributed by atoms with E-state index in [1.165, 1.54) is 0 Å². The second-order valence-electron chi connectivity index (χ2n) is 4.32. The molecule has 0 bridgehead atoms.